The van der Waals surface area contributed by atoms with Gasteiger partial charge in [-0.05, 0) is 12.1 Å². The van der Waals surface area contributed by atoms with Crippen LogP contribution in [0.5, 0.6) is 0 Å². The minimum Gasteiger partial charge on any atom is -0.235 e. The summed E-state index contributed by atoms with van der Waals surface area (Å²) in [4.78, 5) is 16.7. The van der Waals surface area contributed by atoms with E-state index in [1.165, 1.54) is 18.3 Å². The largest absolute Gasteiger partial charge is 0.242 e. The fourth-order valence-corrected chi connectivity index (χ4v) is 0.593. The molecule has 0 amide bonds. The Morgan fingerprint density at radius 2 is 2.40 bits per heavy atom. The molecular formula is C6H3ClN2O. The Kier molecular flexibility index (Phi) is 2.15. The van der Waals surface area contributed by atoms with Gasteiger partial charge in [-0.1, -0.05) is 11.6 Å². The van der Waals surface area contributed by atoms with Crippen molar-refractivity contribution < 1.29 is 4.79 Å². The maximum atomic E-state index is 9.69. The summed E-state index contributed by atoms with van der Waals surface area (Å²) in [5.41, 5.74) is 0. The van der Waals surface area contributed by atoms with Crippen molar-refractivity contribution >= 4 is 23.5 Å². The Bertz CT molecular complexity index is 264. The molecule has 0 spiro atoms. The second-order valence-corrected chi connectivity index (χ2v) is 1.97. The molecule has 1 heterocycles. The van der Waals surface area contributed by atoms with Crippen LogP contribution in [0.15, 0.2) is 23.3 Å². The van der Waals surface area contributed by atoms with Gasteiger partial charge in [-0.3, -0.25) is 0 Å². The maximum Gasteiger partial charge on any atom is 0.242 e. The summed E-state index contributed by atoms with van der Waals surface area (Å²) < 4.78 is 0. The molecule has 50 valence electrons. The SMILES string of the molecule is O=C=Nc1ccc(Cl)cn1. The molecule has 0 saturated carbocycles. The molecule has 4 heteroatoms. The Morgan fingerprint density at radius 3 is 2.90 bits per heavy atom. The Hall–Kier alpha value is -1.18. The number of rotatable bonds is 1. The second kappa shape index (κ2) is 3.11. The molecule has 0 saturated heterocycles. The first-order valence-electron chi connectivity index (χ1n) is 2.52. The van der Waals surface area contributed by atoms with E-state index in [9.17, 15) is 4.79 Å². The van der Waals surface area contributed by atoms with E-state index in [-0.39, 0.29) is 0 Å². The zero-order chi connectivity index (χ0) is 7.40. The molecule has 1 aromatic rings. The first-order valence-corrected chi connectivity index (χ1v) is 2.90. The van der Waals surface area contributed by atoms with Crippen LogP contribution < -0.4 is 0 Å². The van der Waals surface area contributed by atoms with E-state index in [0.29, 0.717) is 10.8 Å². The van der Waals surface area contributed by atoms with Crippen molar-refractivity contribution in [3.63, 3.8) is 0 Å². The maximum absolute atomic E-state index is 9.69. The van der Waals surface area contributed by atoms with Gasteiger partial charge >= 0.3 is 0 Å². The fraction of sp³-hybridized carbons (Fsp3) is 0. The van der Waals surface area contributed by atoms with Crippen LogP contribution >= 0.6 is 11.6 Å². The van der Waals surface area contributed by atoms with E-state index in [4.69, 9.17) is 11.6 Å². The highest BCUT2D eigenvalue weighted by Crippen LogP contribution is 2.10. The van der Waals surface area contributed by atoms with Crippen LogP contribution in [0.3, 0.4) is 0 Å². The van der Waals surface area contributed by atoms with Crippen molar-refractivity contribution in [1.82, 2.24) is 4.98 Å². The molecule has 0 unspecified atom stereocenters. The van der Waals surface area contributed by atoms with Crippen LogP contribution in [0.4, 0.5) is 5.82 Å². The number of hydrogen-bond acceptors (Lipinski definition) is 3. The highest BCUT2D eigenvalue weighted by Gasteiger charge is 1.88. The molecule has 0 aliphatic rings. The molecule has 0 radical (unpaired) electrons. The standard InChI is InChI=1S/C6H3ClN2O/c7-5-1-2-6(8-3-5)9-4-10/h1-3H. The van der Waals surface area contributed by atoms with Gasteiger partial charge in [0.2, 0.25) is 6.08 Å². The monoisotopic (exact) mass is 154 g/mol. The van der Waals surface area contributed by atoms with E-state index >= 15 is 0 Å². The first kappa shape index (κ1) is 6.93. The lowest BCUT2D eigenvalue weighted by Gasteiger charge is -1.87. The van der Waals surface area contributed by atoms with Crippen LogP contribution in [-0.4, -0.2) is 11.1 Å². The van der Waals surface area contributed by atoms with Crippen molar-refractivity contribution in [2.45, 2.75) is 0 Å². The van der Waals surface area contributed by atoms with Gasteiger partial charge < -0.3 is 0 Å². The highest BCUT2D eigenvalue weighted by atomic mass is 35.5. The van der Waals surface area contributed by atoms with Gasteiger partial charge in [-0.2, -0.15) is 0 Å². The van der Waals surface area contributed by atoms with Crippen LogP contribution in [0.1, 0.15) is 0 Å². The van der Waals surface area contributed by atoms with Crippen LogP contribution in [-0.2, 0) is 4.79 Å². The van der Waals surface area contributed by atoms with Crippen molar-refractivity contribution in [2.75, 3.05) is 0 Å². The lowest BCUT2D eigenvalue weighted by Crippen LogP contribution is -1.70. The minimum atomic E-state index is 0.319. The number of pyridine rings is 1. The molecule has 0 N–H and O–H groups in total. The van der Waals surface area contributed by atoms with Crippen molar-refractivity contribution in [3.05, 3.63) is 23.4 Å². The van der Waals surface area contributed by atoms with Gasteiger partial charge in [0, 0.05) is 6.20 Å². The molecule has 0 bridgehead atoms. The number of aliphatic imine (C=N–C) groups is 1. The molecular weight excluding hydrogens is 152 g/mol. The van der Waals surface area contributed by atoms with Crippen LogP contribution in [0, 0.1) is 0 Å². The van der Waals surface area contributed by atoms with Gasteiger partial charge in [0.15, 0.2) is 5.82 Å². The average Bonchev–Trinajstić information content (AvgIpc) is 1.95. The van der Waals surface area contributed by atoms with Gasteiger partial charge in [-0.15, -0.1) is 4.99 Å². The molecule has 0 atom stereocenters. The highest BCUT2D eigenvalue weighted by molar-refractivity contribution is 6.30. The van der Waals surface area contributed by atoms with Gasteiger partial charge in [0.05, 0.1) is 5.02 Å². The lowest BCUT2D eigenvalue weighted by atomic mass is 10.5. The Balaban J connectivity index is 3.00. The van der Waals surface area contributed by atoms with Crippen molar-refractivity contribution in [1.29, 1.82) is 0 Å². The molecule has 0 aliphatic heterocycles. The third-order valence-corrected chi connectivity index (χ3v) is 1.10. The summed E-state index contributed by atoms with van der Waals surface area (Å²) in [6, 6.07) is 3.14. The Morgan fingerprint density at radius 1 is 1.60 bits per heavy atom. The van der Waals surface area contributed by atoms with E-state index in [1.54, 1.807) is 6.07 Å². The van der Waals surface area contributed by atoms with Crippen LogP contribution in [0.2, 0.25) is 5.02 Å². The predicted molar refractivity (Wildman–Crippen MR) is 37.0 cm³/mol. The van der Waals surface area contributed by atoms with Crippen molar-refractivity contribution in [3.8, 4) is 0 Å². The molecule has 1 aromatic heterocycles. The zero-order valence-corrected chi connectivity index (χ0v) is 5.67. The summed E-state index contributed by atoms with van der Waals surface area (Å²) in [5, 5.41) is 0.518. The summed E-state index contributed by atoms with van der Waals surface area (Å²) in [6.07, 6.45) is 2.79. The average molecular weight is 155 g/mol. The quantitative estimate of drug-likeness (QED) is 0.457. The van der Waals surface area contributed by atoms with Gasteiger partial charge in [-0.25, -0.2) is 9.78 Å². The predicted octanol–water partition coefficient (Wildman–Crippen LogP) is 1.70. The number of aromatic nitrogens is 1. The van der Waals surface area contributed by atoms with E-state index in [2.05, 4.69) is 9.98 Å². The smallest absolute Gasteiger partial charge is 0.235 e. The van der Waals surface area contributed by atoms with E-state index in [0.717, 1.165) is 0 Å². The summed E-state index contributed by atoms with van der Waals surface area (Å²) in [6.45, 7) is 0. The number of hydrogen-bond donors (Lipinski definition) is 0. The second-order valence-electron chi connectivity index (χ2n) is 1.54. The fourth-order valence-electron chi connectivity index (χ4n) is 0.481. The summed E-state index contributed by atoms with van der Waals surface area (Å²) in [5.74, 6) is 0.319. The van der Waals surface area contributed by atoms with E-state index < -0.39 is 0 Å². The molecule has 0 aromatic carbocycles. The van der Waals surface area contributed by atoms with Gasteiger partial charge in [0.25, 0.3) is 0 Å². The molecule has 3 nitrogen and oxygen atoms in total. The van der Waals surface area contributed by atoms with Gasteiger partial charge in [0.1, 0.15) is 0 Å². The number of nitrogens with zero attached hydrogens (tertiary/aromatic N) is 2. The number of isocyanates is 1. The number of halogens is 1. The Labute approximate surface area is 62.4 Å². The number of carbonyl (C=O) groups excluding carboxylic acids is 1. The molecule has 1 rings (SSSR count). The topological polar surface area (TPSA) is 42.3 Å². The van der Waals surface area contributed by atoms with E-state index in [1.807, 2.05) is 0 Å². The van der Waals surface area contributed by atoms with Crippen molar-refractivity contribution in [2.24, 2.45) is 4.99 Å². The summed E-state index contributed by atoms with van der Waals surface area (Å²) in [7, 11) is 0. The lowest BCUT2D eigenvalue weighted by molar-refractivity contribution is 0.565. The summed E-state index contributed by atoms with van der Waals surface area (Å²) >= 11 is 5.51. The van der Waals surface area contributed by atoms with Crippen LogP contribution in [0.25, 0.3) is 0 Å². The molecule has 10 heavy (non-hydrogen) atoms. The normalized spacial score (nSPS) is 8.50. The zero-order valence-electron chi connectivity index (χ0n) is 4.91. The minimum absolute atomic E-state index is 0.319. The third-order valence-electron chi connectivity index (χ3n) is 0.872. The molecule has 0 aliphatic carbocycles. The first-order chi connectivity index (χ1) is 4.83. The third kappa shape index (κ3) is 1.65. The molecule has 0 fully saturated rings.